The third-order valence-corrected chi connectivity index (χ3v) is 6.82. The Morgan fingerprint density at radius 1 is 1.26 bits per heavy atom. The zero-order chi connectivity index (χ0) is 27.1. The normalized spacial score (nSPS) is 16.2. The largest absolute Gasteiger partial charge is 0.491 e. The second-order valence-corrected chi connectivity index (χ2v) is 9.23. The molecule has 196 valence electrons. The van der Waals surface area contributed by atoms with Crippen LogP contribution in [0.1, 0.15) is 29.5 Å². The van der Waals surface area contributed by atoms with Crippen molar-refractivity contribution in [2.45, 2.75) is 25.6 Å². The van der Waals surface area contributed by atoms with Gasteiger partial charge in [0.25, 0.3) is 0 Å². The lowest BCUT2D eigenvalue weighted by atomic mass is 10.0. The predicted molar refractivity (Wildman–Crippen MR) is 134 cm³/mol. The second-order valence-electron chi connectivity index (χ2n) is 9.23. The first-order chi connectivity index (χ1) is 18.2. The van der Waals surface area contributed by atoms with E-state index in [1.165, 1.54) is 4.57 Å². The molecule has 2 aliphatic rings. The molecule has 0 bridgehead atoms. The summed E-state index contributed by atoms with van der Waals surface area (Å²) in [6, 6.07) is 10.5. The summed E-state index contributed by atoms with van der Waals surface area (Å²) < 4.78 is 53.1. The molecular formula is C27H24F3N5O3. The van der Waals surface area contributed by atoms with Gasteiger partial charge >= 0.3 is 11.9 Å². The molecule has 8 nitrogen and oxygen atoms in total. The summed E-state index contributed by atoms with van der Waals surface area (Å²) in [4.78, 5) is 19.0. The summed E-state index contributed by atoms with van der Waals surface area (Å²) in [5.74, 6) is 5.81. The maximum Gasteiger partial charge on any atom is 0.405 e. The zero-order valence-electron chi connectivity index (χ0n) is 20.6. The molecule has 11 heteroatoms. The van der Waals surface area contributed by atoms with Gasteiger partial charge in [-0.15, -0.1) is 0 Å². The molecule has 0 amide bonds. The maximum absolute atomic E-state index is 13.5. The van der Waals surface area contributed by atoms with E-state index >= 15 is 0 Å². The maximum atomic E-state index is 13.5. The van der Waals surface area contributed by atoms with Gasteiger partial charge in [-0.25, -0.2) is 4.79 Å². The van der Waals surface area contributed by atoms with Crippen molar-refractivity contribution in [2.24, 2.45) is 18.2 Å². The molecule has 1 saturated carbocycles. The first kappa shape index (κ1) is 25.6. The Bertz CT molecular complexity index is 1580. The summed E-state index contributed by atoms with van der Waals surface area (Å²) >= 11 is 0. The fourth-order valence-electron chi connectivity index (χ4n) is 4.49. The molecule has 0 spiro atoms. The number of alkyl halides is 3. The molecule has 1 aliphatic heterocycles. The van der Waals surface area contributed by atoms with Crippen LogP contribution in [-0.4, -0.2) is 42.0 Å². The van der Waals surface area contributed by atoms with E-state index in [2.05, 4.69) is 22.9 Å². The van der Waals surface area contributed by atoms with Crippen LogP contribution in [-0.2, 0) is 18.4 Å². The number of nitriles is 1. The smallest absolute Gasteiger partial charge is 0.405 e. The Kier molecular flexibility index (Phi) is 6.51. The highest BCUT2D eigenvalue weighted by atomic mass is 19.4. The van der Waals surface area contributed by atoms with Crippen LogP contribution in [0.4, 0.5) is 24.7 Å². The van der Waals surface area contributed by atoms with Crippen molar-refractivity contribution in [1.82, 2.24) is 9.55 Å². The van der Waals surface area contributed by atoms with Gasteiger partial charge in [0.15, 0.2) is 0 Å². The number of aromatic nitrogens is 2. The molecule has 1 aromatic heterocycles. The standard InChI is InChI=1S/C27H24F3N5O3/c1-34-22-14-23(38-11-9-31)18(15-32)13-19(22)24(33-25(34)36)35-10-12-37-16-20-17(3-2-4-21(20)35)5-6-26(7-8-26)27(28,29)30/h2-4,13-14H,7-12,16,31H2,1H3. The summed E-state index contributed by atoms with van der Waals surface area (Å²) in [7, 11) is 1.57. The molecule has 38 heavy (non-hydrogen) atoms. The van der Waals surface area contributed by atoms with Crippen molar-refractivity contribution < 1.29 is 22.6 Å². The van der Waals surface area contributed by atoms with Crippen LogP contribution in [0.15, 0.2) is 35.1 Å². The number of aryl methyl sites for hydroxylation is 1. The van der Waals surface area contributed by atoms with E-state index in [1.54, 1.807) is 42.3 Å². The van der Waals surface area contributed by atoms with E-state index in [0.29, 0.717) is 45.8 Å². The van der Waals surface area contributed by atoms with Crippen LogP contribution in [0, 0.1) is 28.6 Å². The highest BCUT2D eigenvalue weighted by Crippen LogP contribution is 2.57. The quantitative estimate of drug-likeness (QED) is 0.522. The van der Waals surface area contributed by atoms with Gasteiger partial charge in [-0.2, -0.15) is 23.4 Å². The van der Waals surface area contributed by atoms with Crippen LogP contribution in [0.3, 0.4) is 0 Å². The molecule has 5 rings (SSSR count). The molecule has 0 atom stereocenters. The summed E-state index contributed by atoms with van der Waals surface area (Å²) in [5, 5.41) is 10.3. The minimum atomic E-state index is -4.38. The Balaban J connectivity index is 1.67. The van der Waals surface area contributed by atoms with Gasteiger partial charge in [-0.05, 0) is 31.0 Å². The number of benzene rings is 2. The van der Waals surface area contributed by atoms with Gasteiger partial charge in [0.05, 0.1) is 24.3 Å². The lowest BCUT2D eigenvalue weighted by Gasteiger charge is -2.25. The topological polar surface area (TPSA) is 106 Å². The van der Waals surface area contributed by atoms with E-state index in [0.717, 1.165) is 0 Å². The van der Waals surface area contributed by atoms with Gasteiger partial charge in [0, 0.05) is 48.4 Å². The van der Waals surface area contributed by atoms with Crippen LogP contribution >= 0.6 is 0 Å². The van der Waals surface area contributed by atoms with Crippen molar-refractivity contribution in [3.63, 3.8) is 0 Å². The molecule has 1 fully saturated rings. The molecule has 0 unspecified atom stereocenters. The molecule has 2 N–H and O–H groups in total. The Morgan fingerprint density at radius 2 is 2.05 bits per heavy atom. The third-order valence-electron chi connectivity index (χ3n) is 6.82. The van der Waals surface area contributed by atoms with Crippen molar-refractivity contribution in [1.29, 1.82) is 5.26 Å². The molecular weight excluding hydrogens is 499 g/mol. The summed E-state index contributed by atoms with van der Waals surface area (Å²) in [6.45, 7) is 1.18. The molecule has 2 heterocycles. The number of halogens is 3. The van der Waals surface area contributed by atoms with E-state index in [-0.39, 0.29) is 44.8 Å². The SMILES string of the molecule is Cn1c(=O)nc(N2CCOCc3c(C#CC4(C(F)(F)F)CC4)cccc32)c2cc(C#N)c(OCCN)cc21. The first-order valence-corrected chi connectivity index (χ1v) is 12.0. The van der Waals surface area contributed by atoms with Gasteiger partial charge in [-0.1, -0.05) is 17.9 Å². The van der Waals surface area contributed by atoms with Gasteiger partial charge in [-0.3, -0.25) is 4.57 Å². The molecule has 2 aromatic carbocycles. The Labute approximate surface area is 216 Å². The molecule has 0 saturated heterocycles. The average molecular weight is 524 g/mol. The number of anilines is 2. The fraction of sp³-hybridized carbons (Fsp3) is 0.370. The predicted octanol–water partition coefficient (Wildman–Crippen LogP) is 3.50. The van der Waals surface area contributed by atoms with Crippen LogP contribution in [0.5, 0.6) is 5.75 Å². The van der Waals surface area contributed by atoms with Crippen molar-refractivity contribution in [3.8, 4) is 23.7 Å². The van der Waals surface area contributed by atoms with E-state index in [4.69, 9.17) is 15.2 Å². The Morgan fingerprint density at radius 3 is 2.74 bits per heavy atom. The minimum absolute atomic E-state index is 0.0113. The number of fused-ring (bicyclic) bond motifs is 2. The summed E-state index contributed by atoms with van der Waals surface area (Å²) in [6.07, 6.45) is -4.41. The molecule has 1 aliphatic carbocycles. The van der Waals surface area contributed by atoms with Crippen LogP contribution in [0.2, 0.25) is 0 Å². The van der Waals surface area contributed by atoms with Crippen LogP contribution in [0.25, 0.3) is 10.9 Å². The van der Waals surface area contributed by atoms with Crippen molar-refractivity contribution in [2.75, 3.05) is 31.2 Å². The summed E-state index contributed by atoms with van der Waals surface area (Å²) in [5.41, 5.74) is 5.46. The van der Waals surface area contributed by atoms with E-state index in [1.807, 2.05) is 0 Å². The number of nitrogens with two attached hydrogens (primary N) is 1. The number of ether oxygens (including phenoxy) is 2. The lowest BCUT2D eigenvalue weighted by molar-refractivity contribution is -0.168. The van der Waals surface area contributed by atoms with E-state index in [9.17, 15) is 23.2 Å². The van der Waals surface area contributed by atoms with E-state index < -0.39 is 17.3 Å². The average Bonchev–Trinajstić information content (AvgIpc) is 3.72. The van der Waals surface area contributed by atoms with Gasteiger partial charge < -0.3 is 20.1 Å². The second kappa shape index (κ2) is 9.67. The first-order valence-electron chi connectivity index (χ1n) is 12.0. The highest BCUT2D eigenvalue weighted by molar-refractivity contribution is 5.94. The highest BCUT2D eigenvalue weighted by Gasteiger charge is 2.62. The number of nitrogens with zero attached hydrogens (tertiary/aromatic N) is 4. The lowest BCUT2D eigenvalue weighted by Crippen LogP contribution is -2.28. The van der Waals surface area contributed by atoms with Crippen LogP contribution < -0.4 is 21.1 Å². The van der Waals surface area contributed by atoms with Gasteiger partial charge in [0.1, 0.15) is 29.7 Å². The van der Waals surface area contributed by atoms with Gasteiger partial charge in [0.2, 0.25) is 0 Å². The number of rotatable bonds is 4. The Hall–Kier alpha value is -4.06. The minimum Gasteiger partial charge on any atom is -0.491 e. The van der Waals surface area contributed by atoms with Crippen molar-refractivity contribution >= 4 is 22.4 Å². The fourth-order valence-corrected chi connectivity index (χ4v) is 4.49. The van der Waals surface area contributed by atoms with Crippen molar-refractivity contribution in [3.05, 3.63) is 57.5 Å². The number of hydrogen-bond donors (Lipinski definition) is 1. The zero-order valence-corrected chi connectivity index (χ0v) is 20.6. The monoisotopic (exact) mass is 523 g/mol. The molecule has 3 aromatic rings. The third kappa shape index (κ3) is 4.44. The molecule has 0 radical (unpaired) electrons. The number of hydrogen-bond acceptors (Lipinski definition) is 7.